The lowest BCUT2D eigenvalue weighted by atomic mass is 9.74. The van der Waals surface area contributed by atoms with E-state index in [-0.39, 0.29) is 19.1 Å². The first-order chi connectivity index (χ1) is 9.65. The molecule has 0 bridgehead atoms. The number of aldehydes is 1. The molecule has 1 saturated carbocycles. The highest BCUT2D eigenvalue weighted by Gasteiger charge is 2.41. The van der Waals surface area contributed by atoms with E-state index >= 15 is 0 Å². The summed E-state index contributed by atoms with van der Waals surface area (Å²) >= 11 is 0. The Balaban J connectivity index is 2.89. The van der Waals surface area contributed by atoms with Crippen molar-refractivity contribution in [2.75, 3.05) is 13.2 Å². The lowest BCUT2D eigenvalue weighted by Gasteiger charge is -2.30. The Morgan fingerprint density at radius 2 is 1.55 bits per heavy atom. The van der Waals surface area contributed by atoms with Gasteiger partial charge in [0.1, 0.15) is 6.29 Å². The highest BCUT2D eigenvalue weighted by Crippen LogP contribution is 2.34. The minimum atomic E-state index is -1.12. The van der Waals surface area contributed by atoms with Crippen LogP contribution >= 0.6 is 0 Å². The molecule has 1 atom stereocenters. The summed E-state index contributed by atoms with van der Waals surface area (Å²) in [6, 6.07) is 0. The van der Waals surface area contributed by atoms with Crippen molar-refractivity contribution in [2.45, 2.75) is 46.0 Å². The van der Waals surface area contributed by atoms with Crippen LogP contribution in [0.1, 0.15) is 46.0 Å². The van der Waals surface area contributed by atoms with Crippen LogP contribution in [0.4, 0.5) is 0 Å². The van der Waals surface area contributed by atoms with Gasteiger partial charge in [0, 0.05) is 5.92 Å². The zero-order valence-electron chi connectivity index (χ0n) is 12.3. The molecule has 20 heavy (non-hydrogen) atoms. The molecule has 1 aliphatic carbocycles. The number of carbonyl (C=O) groups excluding carboxylic acids is 3. The molecule has 0 heterocycles. The summed E-state index contributed by atoms with van der Waals surface area (Å²) in [5.74, 6) is -2.97. The monoisotopic (exact) mass is 284 g/mol. The van der Waals surface area contributed by atoms with Crippen molar-refractivity contribution in [1.82, 2.24) is 0 Å². The van der Waals surface area contributed by atoms with Crippen LogP contribution in [0.5, 0.6) is 0 Å². The Morgan fingerprint density at radius 3 is 1.95 bits per heavy atom. The fourth-order valence-electron chi connectivity index (χ4n) is 2.86. The van der Waals surface area contributed by atoms with Crippen molar-refractivity contribution in [3.63, 3.8) is 0 Å². The minimum absolute atomic E-state index is 0.0695. The molecule has 0 radical (unpaired) electrons. The molecule has 1 fully saturated rings. The summed E-state index contributed by atoms with van der Waals surface area (Å²) in [7, 11) is 0. The first-order valence-electron chi connectivity index (χ1n) is 7.44. The van der Waals surface area contributed by atoms with Gasteiger partial charge in [-0.15, -0.1) is 0 Å². The third-order valence-corrected chi connectivity index (χ3v) is 3.82. The minimum Gasteiger partial charge on any atom is -0.465 e. The van der Waals surface area contributed by atoms with E-state index in [4.69, 9.17) is 9.47 Å². The molecule has 0 amide bonds. The first kappa shape index (κ1) is 16.7. The predicted molar refractivity (Wildman–Crippen MR) is 72.9 cm³/mol. The van der Waals surface area contributed by atoms with Gasteiger partial charge < -0.3 is 14.3 Å². The van der Waals surface area contributed by atoms with Gasteiger partial charge in [0.05, 0.1) is 13.2 Å². The summed E-state index contributed by atoms with van der Waals surface area (Å²) < 4.78 is 9.89. The van der Waals surface area contributed by atoms with E-state index in [0.29, 0.717) is 0 Å². The second-order valence-electron chi connectivity index (χ2n) is 5.09. The second-order valence-corrected chi connectivity index (χ2v) is 5.09. The number of carbonyl (C=O) groups is 3. The smallest absolute Gasteiger partial charge is 0.321 e. The zero-order chi connectivity index (χ0) is 15.0. The molecule has 5 heteroatoms. The number of esters is 2. The van der Waals surface area contributed by atoms with Crippen LogP contribution in [0.15, 0.2) is 0 Å². The molecular formula is C15H24O5. The fraction of sp³-hybridized carbons (Fsp3) is 0.800. The molecule has 5 nitrogen and oxygen atoms in total. The van der Waals surface area contributed by atoms with Crippen LogP contribution in [0.25, 0.3) is 0 Å². The molecule has 0 N–H and O–H groups in total. The largest absolute Gasteiger partial charge is 0.465 e. The fourth-order valence-corrected chi connectivity index (χ4v) is 2.86. The van der Waals surface area contributed by atoms with E-state index < -0.39 is 23.8 Å². The zero-order valence-corrected chi connectivity index (χ0v) is 12.3. The molecule has 0 aromatic carbocycles. The Labute approximate surface area is 120 Å². The third kappa shape index (κ3) is 4.32. The third-order valence-electron chi connectivity index (χ3n) is 3.82. The van der Waals surface area contributed by atoms with Gasteiger partial charge in [0.15, 0.2) is 5.92 Å². The lowest BCUT2D eigenvalue weighted by Crippen LogP contribution is -2.39. The van der Waals surface area contributed by atoms with E-state index in [9.17, 15) is 14.4 Å². The Bertz CT molecular complexity index is 315. The number of hydrogen-bond donors (Lipinski definition) is 0. The summed E-state index contributed by atoms with van der Waals surface area (Å²) in [5, 5.41) is 0. The molecule has 0 aromatic rings. The van der Waals surface area contributed by atoms with Crippen molar-refractivity contribution < 1.29 is 23.9 Å². The topological polar surface area (TPSA) is 69.7 Å². The molecule has 1 rings (SSSR count). The number of hydrogen-bond acceptors (Lipinski definition) is 5. The van der Waals surface area contributed by atoms with Crippen LogP contribution < -0.4 is 0 Å². The molecule has 114 valence electrons. The van der Waals surface area contributed by atoms with Crippen LogP contribution in [0, 0.1) is 17.8 Å². The predicted octanol–water partition coefficient (Wildman–Crippen LogP) is 2.12. The van der Waals surface area contributed by atoms with Crippen molar-refractivity contribution >= 4 is 18.2 Å². The first-order valence-corrected chi connectivity index (χ1v) is 7.44. The quantitative estimate of drug-likeness (QED) is 0.407. The summed E-state index contributed by atoms with van der Waals surface area (Å²) in [5.41, 5.74) is 0. The Hall–Kier alpha value is -1.39. The molecular weight excluding hydrogens is 260 g/mol. The van der Waals surface area contributed by atoms with Crippen LogP contribution in [-0.4, -0.2) is 31.4 Å². The van der Waals surface area contributed by atoms with E-state index in [0.717, 1.165) is 38.4 Å². The van der Waals surface area contributed by atoms with E-state index in [2.05, 4.69) is 0 Å². The average Bonchev–Trinajstić information content (AvgIpc) is 2.45. The van der Waals surface area contributed by atoms with Gasteiger partial charge in [-0.25, -0.2) is 0 Å². The van der Waals surface area contributed by atoms with Crippen molar-refractivity contribution in [2.24, 2.45) is 17.8 Å². The van der Waals surface area contributed by atoms with E-state index in [1.54, 1.807) is 13.8 Å². The molecule has 0 spiro atoms. The average molecular weight is 284 g/mol. The van der Waals surface area contributed by atoms with Crippen LogP contribution in [-0.2, 0) is 23.9 Å². The molecule has 0 unspecified atom stereocenters. The summed E-state index contributed by atoms with van der Waals surface area (Å²) in [6.45, 7) is 3.73. The van der Waals surface area contributed by atoms with Gasteiger partial charge in [-0.1, -0.05) is 19.3 Å². The van der Waals surface area contributed by atoms with E-state index in [1.165, 1.54) is 0 Å². The molecule has 1 aliphatic rings. The molecule has 0 aromatic heterocycles. The number of ether oxygens (including phenoxy) is 2. The van der Waals surface area contributed by atoms with Crippen molar-refractivity contribution in [3.05, 3.63) is 0 Å². The SMILES string of the molecule is CCOC(=O)C(C(=O)OCC)[C@H](C=O)C1CCCCC1. The van der Waals surface area contributed by atoms with Crippen LogP contribution in [0.3, 0.4) is 0 Å². The maximum Gasteiger partial charge on any atom is 0.321 e. The Kier molecular flexibility index (Phi) is 7.26. The maximum absolute atomic E-state index is 12.0. The maximum atomic E-state index is 12.0. The van der Waals surface area contributed by atoms with Crippen LogP contribution in [0.2, 0.25) is 0 Å². The Morgan fingerprint density at radius 1 is 1.05 bits per heavy atom. The van der Waals surface area contributed by atoms with Gasteiger partial charge in [0.2, 0.25) is 0 Å². The summed E-state index contributed by atoms with van der Waals surface area (Å²) in [4.78, 5) is 35.5. The van der Waals surface area contributed by atoms with Crippen molar-refractivity contribution in [1.29, 1.82) is 0 Å². The summed E-state index contributed by atoms with van der Waals surface area (Å²) in [6.07, 6.45) is 5.69. The molecule has 0 aliphatic heterocycles. The van der Waals surface area contributed by atoms with E-state index in [1.807, 2.05) is 0 Å². The van der Waals surface area contributed by atoms with Crippen molar-refractivity contribution in [3.8, 4) is 0 Å². The second kappa shape index (κ2) is 8.72. The highest BCUT2D eigenvalue weighted by molar-refractivity contribution is 5.97. The standard InChI is InChI=1S/C15H24O5/c1-3-19-14(17)13(15(18)20-4-2)12(10-16)11-8-6-5-7-9-11/h10-13H,3-9H2,1-2H3/t12-/m1/s1. The van der Waals surface area contributed by atoms with Gasteiger partial charge in [-0.05, 0) is 32.6 Å². The van der Waals surface area contributed by atoms with Gasteiger partial charge >= 0.3 is 11.9 Å². The number of rotatable bonds is 7. The highest BCUT2D eigenvalue weighted by atomic mass is 16.6. The molecule has 0 saturated heterocycles. The van der Waals surface area contributed by atoms with Gasteiger partial charge in [-0.2, -0.15) is 0 Å². The lowest BCUT2D eigenvalue weighted by molar-refractivity contribution is -0.166. The normalized spacial score (nSPS) is 17.6. The van der Waals surface area contributed by atoms with Gasteiger partial charge in [-0.3, -0.25) is 9.59 Å². The van der Waals surface area contributed by atoms with Gasteiger partial charge in [0.25, 0.3) is 0 Å².